The lowest BCUT2D eigenvalue weighted by atomic mass is 10.0. The molecule has 0 spiro atoms. The van der Waals surface area contributed by atoms with Crippen molar-refractivity contribution in [3.63, 3.8) is 0 Å². The van der Waals surface area contributed by atoms with Crippen LogP contribution in [0.1, 0.15) is 39.5 Å². The van der Waals surface area contributed by atoms with Gasteiger partial charge in [0.05, 0.1) is 6.20 Å². The maximum absolute atomic E-state index is 11.9. The zero-order valence-corrected chi connectivity index (χ0v) is 18.1. The number of amides is 2. The normalized spacial score (nSPS) is 12.7. The zero-order chi connectivity index (χ0) is 22.3. The van der Waals surface area contributed by atoms with Crippen LogP contribution in [0, 0.1) is 5.92 Å². The lowest BCUT2D eigenvalue weighted by Crippen LogP contribution is -2.47. The van der Waals surface area contributed by atoms with E-state index in [-0.39, 0.29) is 17.0 Å². The van der Waals surface area contributed by atoms with Gasteiger partial charge < -0.3 is 11.1 Å². The number of carbonyl (C=O) groups excluding carboxylic acids is 2. The second-order valence-electron chi connectivity index (χ2n) is 7.40. The summed E-state index contributed by atoms with van der Waals surface area (Å²) in [6.07, 6.45) is 8.16. The number of nitrogens with two attached hydrogens (primary N) is 1. The van der Waals surface area contributed by atoms with Crippen molar-refractivity contribution in [2.24, 2.45) is 11.7 Å². The molecule has 2 aromatic heterocycles. The van der Waals surface area contributed by atoms with E-state index in [9.17, 15) is 18.0 Å². The van der Waals surface area contributed by atoms with Crippen LogP contribution in [0.15, 0.2) is 23.7 Å². The first-order valence-corrected chi connectivity index (χ1v) is 11.5. The molecule has 164 valence electrons. The monoisotopic (exact) mass is 437 g/mol. The van der Waals surface area contributed by atoms with E-state index in [2.05, 4.69) is 25.6 Å². The highest BCUT2D eigenvalue weighted by atomic mass is 32.2. The number of nitrogens with one attached hydrogen (secondary N) is 1. The molecule has 12 heteroatoms. The zero-order valence-electron chi connectivity index (χ0n) is 17.3. The molecule has 0 saturated heterocycles. The lowest BCUT2D eigenvalue weighted by Gasteiger charge is -2.18. The van der Waals surface area contributed by atoms with Gasteiger partial charge in [0.2, 0.25) is 26.8 Å². The standard InChI is InChI=1S/C18H27N7O4S/c1-12(2)16(17(19)27)22-15(26)7-5-4-6-8-25-11-14(23-24-25)13-9-20-18(21-10-13)30(3,28)29/h9-12,16H,4-8H2,1-3H3,(H2,19,27)(H,22,26)/t16-/m0/s1. The van der Waals surface area contributed by atoms with Crippen LogP contribution in [0.2, 0.25) is 0 Å². The number of primary amides is 1. The minimum Gasteiger partial charge on any atom is -0.368 e. The molecule has 11 nitrogen and oxygen atoms in total. The third kappa shape index (κ3) is 6.87. The highest BCUT2D eigenvalue weighted by molar-refractivity contribution is 7.90. The van der Waals surface area contributed by atoms with Crippen LogP contribution in [0.4, 0.5) is 0 Å². The highest BCUT2D eigenvalue weighted by Gasteiger charge is 2.21. The number of nitrogens with zero attached hydrogens (tertiary/aromatic N) is 5. The fourth-order valence-electron chi connectivity index (χ4n) is 2.73. The summed E-state index contributed by atoms with van der Waals surface area (Å²) in [6.45, 7) is 4.27. The van der Waals surface area contributed by atoms with Crippen molar-refractivity contribution in [1.29, 1.82) is 0 Å². The molecule has 2 aromatic rings. The molecule has 2 heterocycles. The van der Waals surface area contributed by atoms with Crippen LogP contribution in [-0.4, -0.2) is 57.5 Å². The van der Waals surface area contributed by atoms with E-state index >= 15 is 0 Å². The van der Waals surface area contributed by atoms with Gasteiger partial charge in [0.25, 0.3) is 0 Å². The van der Waals surface area contributed by atoms with Crippen molar-refractivity contribution in [1.82, 2.24) is 30.3 Å². The Morgan fingerprint density at radius 2 is 1.83 bits per heavy atom. The van der Waals surface area contributed by atoms with Gasteiger partial charge in [-0.2, -0.15) is 0 Å². The lowest BCUT2D eigenvalue weighted by molar-refractivity contribution is -0.128. The van der Waals surface area contributed by atoms with Crippen molar-refractivity contribution in [2.45, 2.75) is 57.3 Å². The minimum absolute atomic E-state index is 0.0547. The van der Waals surface area contributed by atoms with Gasteiger partial charge in [-0.3, -0.25) is 14.3 Å². The van der Waals surface area contributed by atoms with Crippen LogP contribution in [0.3, 0.4) is 0 Å². The van der Waals surface area contributed by atoms with Gasteiger partial charge in [-0.05, 0) is 18.8 Å². The van der Waals surface area contributed by atoms with Gasteiger partial charge in [0.15, 0.2) is 0 Å². The van der Waals surface area contributed by atoms with Crippen LogP contribution in [0.5, 0.6) is 0 Å². The Balaban J connectivity index is 1.76. The Kier molecular flexibility index (Phi) is 7.98. The highest BCUT2D eigenvalue weighted by Crippen LogP contribution is 2.15. The Morgan fingerprint density at radius 1 is 1.17 bits per heavy atom. The van der Waals surface area contributed by atoms with Crippen molar-refractivity contribution in [3.05, 3.63) is 18.6 Å². The molecular weight excluding hydrogens is 410 g/mol. The van der Waals surface area contributed by atoms with E-state index in [4.69, 9.17) is 5.73 Å². The summed E-state index contributed by atoms with van der Waals surface area (Å²) in [6, 6.07) is -0.651. The molecule has 0 aromatic carbocycles. The van der Waals surface area contributed by atoms with E-state index < -0.39 is 21.8 Å². The molecule has 0 saturated carbocycles. The summed E-state index contributed by atoms with van der Waals surface area (Å²) >= 11 is 0. The smallest absolute Gasteiger partial charge is 0.246 e. The molecule has 0 radical (unpaired) electrons. The molecule has 0 aliphatic rings. The fourth-order valence-corrected chi connectivity index (χ4v) is 3.22. The predicted octanol–water partition coefficient (Wildman–Crippen LogP) is 0.325. The molecular formula is C18H27N7O4S. The molecule has 0 bridgehead atoms. The molecule has 0 fully saturated rings. The molecule has 30 heavy (non-hydrogen) atoms. The number of rotatable bonds is 11. The Hall–Kier alpha value is -2.89. The maximum Gasteiger partial charge on any atom is 0.246 e. The van der Waals surface area contributed by atoms with E-state index in [0.29, 0.717) is 30.6 Å². The number of hydrogen-bond acceptors (Lipinski definition) is 8. The van der Waals surface area contributed by atoms with Crippen LogP contribution < -0.4 is 11.1 Å². The van der Waals surface area contributed by atoms with Crippen LogP contribution >= 0.6 is 0 Å². The third-order valence-electron chi connectivity index (χ3n) is 4.37. The summed E-state index contributed by atoms with van der Waals surface area (Å²) in [5, 5.41) is 10.5. The van der Waals surface area contributed by atoms with Crippen molar-refractivity contribution >= 4 is 21.7 Å². The van der Waals surface area contributed by atoms with Gasteiger partial charge >= 0.3 is 0 Å². The average Bonchev–Trinajstić information content (AvgIpc) is 3.13. The van der Waals surface area contributed by atoms with E-state index in [0.717, 1.165) is 19.1 Å². The third-order valence-corrected chi connectivity index (χ3v) is 5.25. The number of aromatic nitrogens is 5. The number of carbonyl (C=O) groups is 2. The number of unbranched alkanes of at least 4 members (excludes halogenated alkanes) is 2. The number of sulfone groups is 1. The number of aryl methyl sites for hydroxylation is 1. The van der Waals surface area contributed by atoms with E-state index in [1.54, 1.807) is 10.9 Å². The van der Waals surface area contributed by atoms with Crippen molar-refractivity contribution < 1.29 is 18.0 Å². The quantitative estimate of drug-likeness (QED) is 0.375. The number of hydrogen-bond donors (Lipinski definition) is 2. The summed E-state index contributed by atoms with van der Waals surface area (Å²) < 4.78 is 24.5. The topological polar surface area (TPSA) is 163 Å². The second kappa shape index (κ2) is 10.2. The predicted molar refractivity (Wildman–Crippen MR) is 109 cm³/mol. The SMILES string of the molecule is CC(C)[C@H](NC(=O)CCCCCn1cc(-c2cnc(S(C)(=O)=O)nc2)nn1)C(N)=O. The Morgan fingerprint density at radius 3 is 2.40 bits per heavy atom. The minimum atomic E-state index is -3.45. The van der Waals surface area contributed by atoms with Gasteiger partial charge in [0, 0.05) is 37.2 Å². The van der Waals surface area contributed by atoms with Crippen LogP contribution in [0.25, 0.3) is 11.3 Å². The molecule has 3 N–H and O–H groups in total. The molecule has 2 rings (SSSR count). The summed E-state index contributed by atoms with van der Waals surface area (Å²) in [5.41, 5.74) is 6.40. The average molecular weight is 438 g/mol. The molecule has 1 atom stereocenters. The van der Waals surface area contributed by atoms with Gasteiger partial charge in [-0.1, -0.05) is 25.5 Å². The molecule has 0 unspecified atom stereocenters. The van der Waals surface area contributed by atoms with Gasteiger partial charge in [-0.25, -0.2) is 18.4 Å². The molecule has 0 aliphatic carbocycles. The first kappa shape index (κ1) is 23.4. The largest absolute Gasteiger partial charge is 0.368 e. The summed E-state index contributed by atoms with van der Waals surface area (Å²) in [7, 11) is -3.45. The summed E-state index contributed by atoms with van der Waals surface area (Å²) in [4.78, 5) is 31.0. The Labute approximate surface area is 175 Å². The molecule has 2 amide bonds. The van der Waals surface area contributed by atoms with Crippen molar-refractivity contribution in [3.8, 4) is 11.3 Å². The van der Waals surface area contributed by atoms with E-state index in [1.165, 1.54) is 12.4 Å². The second-order valence-corrected chi connectivity index (χ2v) is 9.31. The first-order valence-electron chi connectivity index (χ1n) is 9.59. The molecule has 0 aliphatic heterocycles. The fraction of sp³-hybridized carbons (Fsp3) is 0.556. The van der Waals surface area contributed by atoms with Crippen LogP contribution in [-0.2, 0) is 26.0 Å². The summed E-state index contributed by atoms with van der Waals surface area (Å²) in [5.74, 6) is -0.772. The Bertz CT molecular complexity index is 971. The first-order chi connectivity index (χ1) is 14.1. The maximum atomic E-state index is 11.9. The van der Waals surface area contributed by atoms with Gasteiger partial charge in [0.1, 0.15) is 11.7 Å². The van der Waals surface area contributed by atoms with E-state index in [1.807, 2.05) is 13.8 Å². The van der Waals surface area contributed by atoms with Gasteiger partial charge in [-0.15, -0.1) is 5.10 Å². The van der Waals surface area contributed by atoms with Crippen molar-refractivity contribution in [2.75, 3.05) is 6.26 Å².